The van der Waals surface area contributed by atoms with Crippen molar-refractivity contribution in [1.29, 1.82) is 5.26 Å². The van der Waals surface area contributed by atoms with Gasteiger partial charge in [0.2, 0.25) is 5.91 Å². The third kappa shape index (κ3) is 6.78. The molecule has 0 saturated heterocycles. The highest BCUT2D eigenvalue weighted by Gasteiger charge is 2.34. The summed E-state index contributed by atoms with van der Waals surface area (Å²) in [4.78, 5) is 33.6. The van der Waals surface area contributed by atoms with E-state index >= 15 is 0 Å². The fourth-order valence-corrected chi connectivity index (χ4v) is 4.44. The fraction of sp³-hybridized carbons (Fsp3) is 0.212. The lowest BCUT2D eigenvalue weighted by molar-refractivity contribution is -0.122. The largest absolute Gasteiger partial charge is 0.354 e. The minimum atomic E-state index is -1.06. The molecular formula is C33H31FN4O2. The minimum absolute atomic E-state index is 0.106. The van der Waals surface area contributed by atoms with Crippen LogP contribution in [0.5, 0.6) is 0 Å². The third-order valence-electron chi connectivity index (χ3n) is 6.58. The number of carbonyl (C=O) groups is 2. The Bertz CT molecular complexity index is 1520. The Morgan fingerprint density at radius 1 is 1.00 bits per heavy atom. The number of hydrogen-bond acceptors (Lipinski definition) is 4. The standard InChI is InChI=1S/C33H31FN4O2/c1-33(2,3)27-12-14-29(15-13-27)38(32(40)25-9-4-8-24(19-25)21-35)30(26-10-6-17-36-22-26)31(39)37-18-16-23-7-5-11-28(34)20-23/h4-15,17,19-20,22,30H,16,18H2,1-3H3,(H,37,39). The predicted octanol–water partition coefficient (Wildman–Crippen LogP) is 6.14. The van der Waals surface area contributed by atoms with Crippen LogP contribution in [0, 0.1) is 17.1 Å². The first-order valence-corrected chi connectivity index (χ1v) is 13.0. The van der Waals surface area contributed by atoms with Crippen molar-refractivity contribution in [2.45, 2.75) is 38.6 Å². The Labute approximate surface area is 234 Å². The number of carbonyl (C=O) groups excluding carboxylic acids is 2. The van der Waals surface area contributed by atoms with Crippen molar-refractivity contribution in [1.82, 2.24) is 10.3 Å². The molecule has 7 heteroatoms. The second-order valence-corrected chi connectivity index (χ2v) is 10.5. The van der Waals surface area contributed by atoms with Gasteiger partial charge in [0.25, 0.3) is 5.91 Å². The maximum absolute atomic E-state index is 14.1. The summed E-state index contributed by atoms with van der Waals surface area (Å²) < 4.78 is 13.6. The lowest BCUT2D eigenvalue weighted by atomic mass is 9.87. The molecule has 0 aliphatic heterocycles. The maximum Gasteiger partial charge on any atom is 0.259 e. The number of nitrogens with one attached hydrogen (secondary N) is 1. The summed E-state index contributed by atoms with van der Waals surface area (Å²) in [5.74, 6) is -1.18. The van der Waals surface area contributed by atoms with E-state index in [-0.39, 0.29) is 23.3 Å². The van der Waals surface area contributed by atoms with Gasteiger partial charge in [-0.15, -0.1) is 0 Å². The minimum Gasteiger partial charge on any atom is -0.354 e. The number of aromatic nitrogens is 1. The number of rotatable bonds is 8. The van der Waals surface area contributed by atoms with E-state index in [0.29, 0.717) is 23.2 Å². The maximum atomic E-state index is 14.1. The van der Waals surface area contributed by atoms with Crippen molar-refractivity contribution in [3.63, 3.8) is 0 Å². The molecule has 4 aromatic rings. The van der Waals surface area contributed by atoms with Crippen LogP contribution in [0.4, 0.5) is 10.1 Å². The van der Waals surface area contributed by atoms with E-state index in [1.165, 1.54) is 23.1 Å². The smallest absolute Gasteiger partial charge is 0.259 e. The third-order valence-corrected chi connectivity index (χ3v) is 6.58. The Morgan fingerprint density at radius 3 is 2.40 bits per heavy atom. The highest BCUT2D eigenvalue weighted by molar-refractivity contribution is 6.10. The number of halogens is 1. The summed E-state index contributed by atoms with van der Waals surface area (Å²) >= 11 is 0. The Morgan fingerprint density at radius 2 is 1.75 bits per heavy atom. The molecule has 4 rings (SSSR count). The first-order valence-electron chi connectivity index (χ1n) is 13.0. The molecule has 1 atom stereocenters. The van der Waals surface area contributed by atoms with Gasteiger partial charge in [-0.05, 0) is 71.5 Å². The van der Waals surface area contributed by atoms with Crippen LogP contribution in [-0.4, -0.2) is 23.3 Å². The van der Waals surface area contributed by atoms with E-state index in [4.69, 9.17) is 0 Å². The molecule has 0 fully saturated rings. The summed E-state index contributed by atoms with van der Waals surface area (Å²) in [6.07, 6.45) is 3.58. The lowest BCUT2D eigenvalue weighted by Gasteiger charge is -2.32. The molecule has 202 valence electrons. The van der Waals surface area contributed by atoms with E-state index in [1.807, 2.05) is 24.3 Å². The van der Waals surface area contributed by atoms with Crippen molar-refractivity contribution in [2.24, 2.45) is 0 Å². The van der Waals surface area contributed by atoms with Crippen LogP contribution in [-0.2, 0) is 16.6 Å². The normalized spacial score (nSPS) is 11.8. The van der Waals surface area contributed by atoms with Crippen LogP contribution in [0.15, 0.2) is 97.3 Å². The summed E-state index contributed by atoms with van der Waals surface area (Å²) in [5.41, 5.74) is 3.38. The molecule has 0 spiro atoms. The fourth-order valence-electron chi connectivity index (χ4n) is 4.44. The zero-order chi connectivity index (χ0) is 28.7. The first kappa shape index (κ1) is 28.2. The number of amides is 2. The van der Waals surface area contributed by atoms with Gasteiger partial charge < -0.3 is 5.32 Å². The van der Waals surface area contributed by atoms with Crippen molar-refractivity contribution in [2.75, 3.05) is 11.4 Å². The molecular weight excluding hydrogens is 503 g/mol. The molecule has 1 aromatic heterocycles. The molecule has 0 radical (unpaired) electrons. The topological polar surface area (TPSA) is 86.1 Å². The van der Waals surface area contributed by atoms with Gasteiger partial charge in [-0.3, -0.25) is 19.5 Å². The summed E-state index contributed by atoms with van der Waals surface area (Å²) in [6.45, 7) is 6.54. The summed E-state index contributed by atoms with van der Waals surface area (Å²) in [7, 11) is 0. The first-order chi connectivity index (χ1) is 19.2. The van der Waals surface area contributed by atoms with Crippen molar-refractivity contribution in [3.05, 3.63) is 131 Å². The van der Waals surface area contributed by atoms with Gasteiger partial charge in [-0.2, -0.15) is 5.26 Å². The van der Waals surface area contributed by atoms with Crippen molar-refractivity contribution >= 4 is 17.5 Å². The van der Waals surface area contributed by atoms with Gasteiger partial charge >= 0.3 is 0 Å². The van der Waals surface area contributed by atoms with Crippen LogP contribution in [0.3, 0.4) is 0 Å². The van der Waals surface area contributed by atoms with Crippen LogP contribution in [0.25, 0.3) is 0 Å². The molecule has 2 amide bonds. The zero-order valence-electron chi connectivity index (χ0n) is 22.8. The number of anilines is 1. The Balaban J connectivity index is 1.75. The highest BCUT2D eigenvalue weighted by Crippen LogP contribution is 2.32. The Kier molecular flexibility index (Phi) is 8.70. The van der Waals surface area contributed by atoms with E-state index in [9.17, 15) is 19.2 Å². The molecule has 0 aliphatic rings. The number of nitrogens with zero attached hydrogens (tertiary/aromatic N) is 3. The van der Waals surface area contributed by atoms with E-state index in [0.717, 1.165) is 11.1 Å². The van der Waals surface area contributed by atoms with Crippen molar-refractivity contribution < 1.29 is 14.0 Å². The molecule has 1 heterocycles. The molecule has 40 heavy (non-hydrogen) atoms. The van der Waals surface area contributed by atoms with Gasteiger partial charge in [0.05, 0.1) is 11.6 Å². The zero-order valence-corrected chi connectivity index (χ0v) is 22.8. The molecule has 0 aliphatic carbocycles. The monoisotopic (exact) mass is 534 g/mol. The summed E-state index contributed by atoms with van der Waals surface area (Å²) in [6, 6.07) is 24.7. The van der Waals surface area contributed by atoms with Crippen LogP contribution < -0.4 is 10.2 Å². The number of nitriles is 1. The van der Waals surface area contributed by atoms with Gasteiger partial charge in [-0.25, -0.2) is 4.39 Å². The van der Waals surface area contributed by atoms with Gasteiger partial charge in [0.1, 0.15) is 11.9 Å². The molecule has 1 unspecified atom stereocenters. The van der Waals surface area contributed by atoms with Crippen molar-refractivity contribution in [3.8, 4) is 6.07 Å². The average molecular weight is 535 g/mol. The second-order valence-electron chi connectivity index (χ2n) is 10.5. The van der Waals surface area contributed by atoms with Crippen LogP contribution in [0.1, 0.15) is 59.4 Å². The van der Waals surface area contributed by atoms with Crippen LogP contribution in [0.2, 0.25) is 0 Å². The molecule has 6 nitrogen and oxygen atoms in total. The van der Waals surface area contributed by atoms with E-state index in [1.54, 1.807) is 54.9 Å². The highest BCUT2D eigenvalue weighted by atomic mass is 19.1. The van der Waals surface area contributed by atoms with Gasteiger partial charge in [-0.1, -0.05) is 57.2 Å². The van der Waals surface area contributed by atoms with E-state index in [2.05, 4.69) is 37.1 Å². The number of benzene rings is 3. The Hall–Kier alpha value is -4.83. The van der Waals surface area contributed by atoms with Crippen LogP contribution >= 0.6 is 0 Å². The van der Waals surface area contributed by atoms with Gasteiger partial charge in [0.15, 0.2) is 0 Å². The van der Waals surface area contributed by atoms with E-state index < -0.39 is 17.9 Å². The lowest BCUT2D eigenvalue weighted by Crippen LogP contribution is -2.44. The second kappa shape index (κ2) is 12.4. The number of pyridine rings is 1. The summed E-state index contributed by atoms with van der Waals surface area (Å²) in [5, 5.41) is 12.3. The van der Waals surface area contributed by atoms with Gasteiger partial charge in [0, 0.05) is 35.8 Å². The number of hydrogen-bond donors (Lipinski definition) is 1. The molecule has 0 bridgehead atoms. The molecule has 1 N–H and O–H groups in total. The quantitative estimate of drug-likeness (QED) is 0.294. The molecule has 3 aromatic carbocycles. The molecule has 0 saturated carbocycles. The predicted molar refractivity (Wildman–Crippen MR) is 153 cm³/mol. The average Bonchev–Trinajstić information content (AvgIpc) is 2.95. The SMILES string of the molecule is CC(C)(C)c1ccc(N(C(=O)c2cccc(C#N)c2)C(C(=O)NCCc2cccc(F)c2)c2cccnc2)cc1.